The van der Waals surface area contributed by atoms with Crippen LogP contribution in [0.1, 0.15) is 24.0 Å². The quantitative estimate of drug-likeness (QED) is 0.759. The Morgan fingerprint density at radius 2 is 1.95 bits per heavy atom. The van der Waals surface area contributed by atoms with Gasteiger partial charge >= 0.3 is 0 Å². The predicted molar refractivity (Wildman–Crippen MR) is 84.6 cm³/mol. The van der Waals surface area contributed by atoms with E-state index in [0.717, 1.165) is 19.3 Å². The summed E-state index contributed by atoms with van der Waals surface area (Å²) in [5.74, 6) is -1.51. The van der Waals surface area contributed by atoms with Crippen molar-refractivity contribution >= 4 is 21.6 Å². The predicted octanol–water partition coefficient (Wildman–Crippen LogP) is 5.09. The van der Waals surface area contributed by atoms with Gasteiger partial charge in [0, 0.05) is 16.1 Å². The molecule has 4 heteroatoms. The van der Waals surface area contributed by atoms with Gasteiger partial charge in [-0.05, 0) is 53.2 Å². The molecule has 0 saturated carbocycles. The number of fused-ring (bicyclic) bond motifs is 1. The first-order chi connectivity index (χ1) is 10.1. The minimum absolute atomic E-state index is 0.291. The highest BCUT2D eigenvalue weighted by Crippen LogP contribution is 2.36. The number of rotatable bonds is 3. The third-order valence-electron chi connectivity index (χ3n) is 3.98. The van der Waals surface area contributed by atoms with Crippen molar-refractivity contribution in [2.75, 3.05) is 5.32 Å². The number of halogens is 3. The fourth-order valence-electron chi connectivity index (χ4n) is 2.83. The molecule has 3 rings (SSSR count). The van der Waals surface area contributed by atoms with Crippen LogP contribution in [0, 0.1) is 11.6 Å². The van der Waals surface area contributed by atoms with Gasteiger partial charge in [0.05, 0.1) is 5.69 Å². The molecule has 0 aliphatic carbocycles. The minimum Gasteiger partial charge on any atom is -0.381 e. The number of benzene rings is 2. The van der Waals surface area contributed by atoms with Gasteiger partial charge in [0.15, 0.2) is 11.6 Å². The zero-order chi connectivity index (χ0) is 14.8. The summed E-state index contributed by atoms with van der Waals surface area (Å²) in [6.07, 6.45) is 3.36. The maximum Gasteiger partial charge on any atom is 0.164 e. The molecule has 0 saturated heterocycles. The Morgan fingerprint density at radius 1 is 1.19 bits per heavy atom. The molecule has 21 heavy (non-hydrogen) atoms. The largest absolute Gasteiger partial charge is 0.381 e. The zero-order valence-electron chi connectivity index (χ0n) is 11.5. The van der Waals surface area contributed by atoms with Crippen LogP contribution >= 0.6 is 15.9 Å². The highest BCUT2D eigenvalue weighted by molar-refractivity contribution is 9.10. The Balaban J connectivity index is 1.72. The molecule has 2 aromatic carbocycles. The molecule has 0 amide bonds. The third kappa shape index (κ3) is 3.10. The smallest absolute Gasteiger partial charge is 0.164 e. The molecule has 1 aliphatic heterocycles. The fourth-order valence-corrected chi connectivity index (χ4v) is 3.39. The summed E-state index contributed by atoms with van der Waals surface area (Å²) in [4.78, 5) is 0. The molecule has 1 unspecified atom stereocenters. The summed E-state index contributed by atoms with van der Waals surface area (Å²) in [5.41, 5.74) is 2.46. The molecule has 0 fully saturated rings. The molecule has 1 heterocycles. The van der Waals surface area contributed by atoms with Crippen molar-refractivity contribution in [3.63, 3.8) is 0 Å². The van der Waals surface area contributed by atoms with E-state index in [9.17, 15) is 8.78 Å². The monoisotopic (exact) mass is 351 g/mol. The number of hydrogen-bond acceptors (Lipinski definition) is 1. The van der Waals surface area contributed by atoms with E-state index in [4.69, 9.17) is 0 Å². The lowest BCUT2D eigenvalue weighted by atomic mass is 9.93. The fraction of sp³-hybridized carbons (Fsp3) is 0.294. The summed E-state index contributed by atoms with van der Waals surface area (Å²) in [5, 5.41) is 3.35. The Bertz CT molecular complexity index is 643. The average Bonchev–Trinajstić information content (AvgIpc) is 2.51. The second kappa shape index (κ2) is 6.14. The van der Waals surface area contributed by atoms with Crippen molar-refractivity contribution < 1.29 is 8.78 Å². The Hall–Kier alpha value is -1.42. The number of nitrogens with one attached hydrogen (secondary N) is 1. The molecule has 0 bridgehead atoms. The van der Waals surface area contributed by atoms with Crippen molar-refractivity contribution in [2.24, 2.45) is 0 Å². The maximum atomic E-state index is 13.8. The van der Waals surface area contributed by atoms with Crippen LogP contribution in [0.25, 0.3) is 0 Å². The van der Waals surface area contributed by atoms with Gasteiger partial charge in [-0.1, -0.05) is 30.3 Å². The van der Waals surface area contributed by atoms with Crippen molar-refractivity contribution in [2.45, 2.75) is 31.7 Å². The first kappa shape index (κ1) is 14.5. The van der Waals surface area contributed by atoms with Crippen molar-refractivity contribution in [3.05, 3.63) is 63.6 Å². The third-order valence-corrected chi connectivity index (χ3v) is 4.61. The standard InChI is InChI=1S/C17H16BrF2N/c18-14-10-15(19)16(20)13-9-8-12(21-17(13)14)7-6-11-4-2-1-3-5-11/h1-5,10,12,21H,6-9H2. The van der Waals surface area contributed by atoms with Gasteiger partial charge in [-0.25, -0.2) is 8.78 Å². The van der Waals surface area contributed by atoms with Crippen LogP contribution in [-0.2, 0) is 12.8 Å². The molecule has 1 atom stereocenters. The van der Waals surface area contributed by atoms with Gasteiger partial charge in [0.2, 0.25) is 0 Å². The normalized spacial score (nSPS) is 17.2. The van der Waals surface area contributed by atoms with E-state index in [1.54, 1.807) is 0 Å². The second-order valence-electron chi connectivity index (χ2n) is 5.41. The first-order valence-corrected chi connectivity index (χ1v) is 7.91. The molecule has 110 valence electrons. The SMILES string of the molecule is Fc1cc(Br)c2c(c1F)CCC(CCc1ccccc1)N2. The number of hydrogen-bond donors (Lipinski definition) is 1. The van der Waals surface area contributed by atoms with E-state index >= 15 is 0 Å². The van der Waals surface area contributed by atoms with Gasteiger partial charge in [-0.3, -0.25) is 0 Å². The lowest BCUT2D eigenvalue weighted by Gasteiger charge is -2.28. The average molecular weight is 352 g/mol. The van der Waals surface area contributed by atoms with Crippen LogP contribution in [-0.4, -0.2) is 6.04 Å². The van der Waals surface area contributed by atoms with Crippen LogP contribution in [0.4, 0.5) is 14.5 Å². The Kier molecular flexibility index (Phi) is 4.24. The van der Waals surface area contributed by atoms with Crippen LogP contribution in [0.5, 0.6) is 0 Å². The molecular weight excluding hydrogens is 336 g/mol. The van der Waals surface area contributed by atoms with Crippen molar-refractivity contribution in [1.29, 1.82) is 0 Å². The van der Waals surface area contributed by atoms with Gasteiger partial charge < -0.3 is 5.32 Å². The van der Waals surface area contributed by atoms with Gasteiger partial charge in [-0.15, -0.1) is 0 Å². The lowest BCUT2D eigenvalue weighted by molar-refractivity contribution is 0.486. The lowest BCUT2D eigenvalue weighted by Crippen LogP contribution is -2.27. The highest BCUT2D eigenvalue weighted by atomic mass is 79.9. The molecule has 2 aromatic rings. The molecule has 0 spiro atoms. The molecule has 1 N–H and O–H groups in total. The van der Waals surface area contributed by atoms with Crippen molar-refractivity contribution in [3.8, 4) is 0 Å². The molecule has 1 aliphatic rings. The molecule has 0 radical (unpaired) electrons. The molecule has 0 aromatic heterocycles. The minimum atomic E-state index is -0.787. The van der Waals surface area contributed by atoms with Crippen LogP contribution in [0.2, 0.25) is 0 Å². The summed E-state index contributed by atoms with van der Waals surface area (Å²) < 4.78 is 27.8. The number of anilines is 1. The molecule has 1 nitrogen and oxygen atoms in total. The van der Waals surface area contributed by atoms with Gasteiger partial charge in [-0.2, -0.15) is 0 Å². The highest BCUT2D eigenvalue weighted by Gasteiger charge is 2.24. The first-order valence-electron chi connectivity index (χ1n) is 7.12. The van der Waals surface area contributed by atoms with Gasteiger partial charge in [0.1, 0.15) is 0 Å². The van der Waals surface area contributed by atoms with E-state index in [0.29, 0.717) is 28.2 Å². The second-order valence-corrected chi connectivity index (χ2v) is 6.27. The Morgan fingerprint density at radius 3 is 2.71 bits per heavy atom. The topological polar surface area (TPSA) is 12.0 Å². The summed E-state index contributed by atoms with van der Waals surface area (Å²) in [7, 11) is 0. The van der Waals surface area contributed by atoms with E-state index in [1.165, 1.54) is 11.6 Å². The van der Waals surface area contributed by atoms with E-state index in [2.05, 4.69) is 33.4 Å². The summed E-state index contributed by atoms with van der Waals surface area (Å²) in [6, 6.07) is 11.8. The van der Waals surface area contributed by atoms with E-state index in [-0.39, 0.29) is 0 Å². The van der Waals surface area contributed by atoms with Crippen LogP contribution in [0.15, 0.2) is 40.9 Å². The Labute approximate surface area is 131 Å². The zero-order valence-corrected chi connectivity index (χ0v) is 13.1. The summed E-state index contributed by atoms with van der Waals surface area (Å²) in [6.45, 7) is 0. The van der Waals surface area contributed by atoms with Gasteiger partial charge in [0.25, 0.3) is 0 Å². The molecular formula is C17H16BrF2N. The maximum absolute atomic E-state index is 13.8. The van der Waals surface area contributed by atoms with Crippen molar-refractivity contribution in [1.82, 2.24) is 0 Å². The van der Waals surface area contributed by atoms with Crippen LogP contribution < -0.4 is 5.32 Å². The van der Waals surface area contributed by atoms with Crippen LogP contribution in [0.3, 0.4) is 0 Å². The number of aryl methyl sites for hydroxylation is 1. The summed E-state index contributed by atoms with van der Waals surface area (Å²) >= 11 is 3.32. The van der Waals surface area contributed by atoms with E-state index in [1.807, 2.05) is 18.2 Å². The van der Waals surface area contributed by atoms with E-state index < -0.39 is 11.6 Å².